The van der Waals surface area contributed by atoms with Crippen molar-refractivity contribution in [2.75, 3.05) is 5.32 Å². The van der Waals surface area contributed by atoms with E-state index in [0.717, 1.165) is 10.9 Å². The second-order valence-corrected chi connectivity index (χ2v) is 3.63. The molecule has 1 aromatic carbocycles. The quantitative estimate of drug-likeness (QED) is 0.849. The van der Waals surface area contributed by atoms with Gasteiger partial charge in [-0.1, -0.05) is 17.3 Å². The molecule has 0 saturated carbocycles. The lowest BCUT2D eigenvalue weighted by Crippen LogP contribution is -2.19. The van der Waals surface area contributed by atoms with Crippen LogP contribution in [-0.4, -0.2) is 32.0 Å². The van der Waals surface area contributed by atoms with Gasteiger partial charge < -0.3 is 10.4 Å². The number of aromatic carboxylic acids is 1. The molecule has 0 aliphatic heterocycles. The van der Waals surface area contributed by atoms with Gasteiger partial charge in [0.15, 0.2) is 5.69 Å². The van der Waals surface area contributed by atoms with Crippen molar-refractivity contribution in [3.63, 3.8) is 0 Å². The number of carboxylic acid groups (broad SMARTS) is 1. The van der Waals surface area contributed by atoms with E-state index in [0.29, 0.717) is 0 Å². The van der Waals surface area contributed by atoms with Gasteiger partial charge in [0.05, 0.1) is 11.9 Å². The summed E-state index contributed by atoms with van der Waals surface area (Å²) in [5.74, 6) is -2.33. The first-order chi connectivity index (χ1) is 9.06. The first-order valence-electron chi connectivity index (χ1n) is 5.24. The number of hydrogen-bond donors (Lipinski definition) is 2. The Morgan fingerprint density at radius 3 is 2.74 bits per heavy atom. The molecule has 0 aliphatic carbocycles. The molecule has 0 radical (unpaired) electrons. The zero-order valence-electron chi connectivity index (χ0n) is 9.58. The third-order valence-corrected chi connectivity index (χ3v) is 2.21. The van der Waals surface area contributed by atoms with Crippen LogP contribution in [0.25, 0.3) is 0 Å². The van der Waals surface area contributed by atoms with E-state index in [2.05, 4.69) is 15.6 Å². The number of carbonyl (C=O) groups excluding carboxylic acids is 1. The van der Waals surface area contributed by atoms with E-state index < -0.39 is 17.7 Å². The highest BCUT2D eigenvalue weighted by Crippen LogP contribution is 2.12. The van der Waals surface area contributed by atoms with Crippen molar-refractivity contribution >= 4 is 17.6 Å². The standard InChI is InChI=1S/C11H9FN4O3/c12-7-3-1-2-4-8(7)13-10(17)6-16-5-9(11(18)19)14-15-16/h1-5H,6H2,(H,13,17)(H,18,19). The van der Waals surface area contributed by atoms with Gasteiger partial charge in [-0.05, 0) is 12.1 Å². The summed E-state index contributed by atoms with van der Waals surface area (Å²) in [5.41, 5.74) is -0.218. The normalized spacial score (nSPS) is 10.2. The monoisotopic (exact) mass is 264 g/mol. The van der Waals surface area contributed by atoms with Crippen LogP contribution < -0.4 is 5.32 Å². The minimum atomic E-state index is -1.24. The average molecular weight is 264 g/mol. The zero-order chi connectivity index (χ0) is 13.8. The summed E-state index contributed by atoms with van der Waals surface area (Å²) in [6.07, 6.45) is 1.11. The lowest BCUT2D eigenvalue weighted by Gasteiger charge is -2.05. The maximum atomic E-state index is 13.3. The summed E-state index contributed by atoms with van der Waals surface area (Å²) in [6, 6.07) is 5.71. The summed E-state index contributed by atoms with van der Waals surface area (Å²) in [5, 5.41) is 17.8. The topological polar surface area (TPSA) is 97.1 Å². The summed E-state index contributed by atoms with van der Waals surface area (Å²) < 4.78 is 14.3. The van der Waals surface area contributed by atoms with Gasteiger partial charge in [0.25, 0.3) is 0 Å². The van der Waals surface area contributed by atoms with E-state index >= 15 is 0 Å². The molecule has 98 valence electrons. The van der Waals surface area contributed by atoms with Gasteiger partial charge in [0, 0.05) is 0 Å². The van der Waals surface area contributed by atoms with Gasteiger partial charge in [0.1, 0.15) is 12.4 Å². The van der Waals surface area contributed by atoms with Crippen LogP contribution in [0.2, 0.25) is 0 Å². The molecule has 7 nitrogen and oxygen atoms in total. The molecule has 0 unspecified atom stereocenters. The SMILES string of the molecule is O=C(Cn1cc(C(=O)O)nn1)Nc1ccccc1F. The number of amides is 1. The van der Waals surface area contributed by atoms with Gasteiger partial charge >= 0.3 is 5.97 Å². The van der Waals surface area contributed by atoms with E-state index in [1.165, 1.54) is 18.2 Å². The lowest BCUT2D eigenvalue weighted by atomic mass is 10.3. The van der Waals surface area contributed by atoms with Crippen LogP contribution in [0.4, 0.5) is 10.1 Å². The molecule has 1 amide bonds. The first kappa shape index (κ1) is 12.7. The third-order valence-electron chi connectivity index (χ3n) is 2.21. The van der Waals surface area contributed by atoms with Crippen molar-refractivity contribution in [3.8, 4) is 0 Å². The Balaban J connectivity index is 2.01. The predicted molar refractivity (Wildman–Crippen MR) is 62.0 cm³/mol. The van der Waals surface area contributed by atoms with E-state index in [4.69, 9.17) is 5.11 Å². The summed E-state index contributed by atoms with van der Waals surface area (Å²) in [6.45, 7) is -0.255. The Bertz CT molecular complexity index is 626. The number of aromatic nitrogens is 3. The van der Waals surface area contributed by atoms with Crippen molar-refractivity contribution in [1.82, 2.24) is 15.0 Å². The molecule has 0 saturated heterocycles. The fourth-order valence-electron chi connectivity index (χ4n) is 1.37. The van der Waals surface area contributed by atoms with Gasteiger partial charge in [-0.15, -0.1) is 5.10 Å². The number of para-hydroxylation sites is 1. The molecule has 8 heteroatoms. The van der Waals surface area contributed by atoms with E-state index in [1.807, 2.05) is 0 Å². The summed E-state index contributed by atoms with van der Waals surface area (Å²) in [7, 11) is 0. The van der Waals surface area contributed by atoms with Crippen LogP contribution in [0.5, 0.6) is 0 Å². The number of rotatable bonds is 4. The molecule has 1 heterocycles. The Labute approximate surface area is 106 Å². The average Bonchev–Trinajstić information content (AvgIpc) is 2.80. The van der Waals surface area contributed by atoms with Crippen LogP contribution in [0.15, 0.2) is 30.5 Å². The Morgan fingerprint density at radius 1 is 1.37 bits per heavy atom. The van der Waals surface area contributed by atoms with Crippen molar-refractivity contribution in [3.05, 3.63) is 42.0 Å². The second-order valence-electron chi connectivity index (χ2n) is 3.63. The fourth-order valence-corrected chi connectivity index (χ4v) is 1.37. The second kappa shape index (κ2) is 5.25. The maximum absolute atomic E-state index is 13.3. The number of carbonyl (C=O) groups is 2. The molecular weight excluding hydrogens is 255 g/mol. The molecule has 19 heavy (non-hydrogen) atoms. The fraction of sp³-hybridized carbons (Fsp3) is 0.0909. The third kappa shape index (κ3) is 3.12. The Morgan fingerprint density at radius 2 is 2.11 bits per heavy atom. The summed E-state index contributed by atoms with van der Waals surface area (Å²) in [4.78, 5) is 22.2. The van der Waals surface area contributed by atoms with E-state index in [9.17, 15) is 14.0 Å². The van der Waals surface area contributed by atoms with Crippen LogP contribution >= 0.6 is 0 Å². The molecule has 0 fully saturated rings. The molecule has 0 atom stereocenters. The lowest BCUT2D eigenvalue weighted by molar-refractivity contribution is -0.117. The highest BCUT2D eigenvalue weighted by atomic mass is 19.1. The van der Waals surface area contributed by atoms with Crippen LogP contribution in [0.3, 0.4) is 0 Å². The van der Waals surface area contributed by atoms with Crippen molar-refractivity contribution in [1.29, 1.82) is 0 Å². The molecule has 0 spiro atoms. The van der Waals surface area contributed by atoms with Crippen LogP contribution in [0.1, 0.15) is 10.5 Å². The van der Waals surface area contributed by atoms with Gasteiger partial charge in [0.2, 0.25) is 5.91 Å². The Kier molecular flexibility index (Phi) is 3.51. The molecule has 2 rings (SSSR count). The predicted octanol–water partition coefficient (Wildman–Crippen LogP) is 0.754. The molecule has 1 aromatic heterocycles. The summed E-state index contributed by atoms with van der Waals surface area (Å²) >= 11 is 0. The highest BCUT2D eigenvalue weighted by Gasteiger charge is 2.11. The molecule has 0 aliphatic rings. The molecule has 2 N–H and O–H groups in total. The smallest absolute Gasteiger partial charge is 0.358 e. The number of nitrogens with zero attached hydrogens (tertiary/aromatic N) is 3. The molecular formula is C11H9FN4O3. The van der Waals surface area contributed by atoms with Crippen molar-refractivity contribution in [2.45, 2.75) is 6.54 Å². The van der Waals surface area contributed by atoms with Crippen molar-refractivity contribution < 1.29 is 19.1 Å². The number of anilines is 1. The van der Waals surface area contributed by atoms with E-state index in [1.54, 1.807) is 6.07 Å². The van der Waals surface area contributed by atoms with Crippen LogP contribution in [0, 0.1) is 5.82 Å². The van der Waals surface area contributed by atoms with Gasteiger partial charge in [-0.2, -0.15) is 0 Å². The minimum absolute atomic E-state index is 0.0473. The highest BCUT2D eigenvalue weighted by molar-refractivity contribution is 5.90. The van der Waals surface area contributed by atoms with Gasteiger partial charge in [-0.3, -0.25) is 4.79 Å². The molecule has 0 bridgehead atoms. The van der Waals surface area contributed by atoms with Crippen molar-refractivity contribution in [2.24, 2.45) is 0 Å². The number of nitrogens with one attached hydrogen (secondary N) is 1. The number of benzene rings is 1. The van der Waals surface area contributed by atoms with Gasteiger partial charge in [-0.25, -0.2) is 13.9 Å². The first-order valence-corrected chi connectivity index (χ1v) is 5.24. The number of hydrogen-bond acceptors (Lipinski definition) is 4. The van der Waals surface area contributed by atoms with Crippen LogP contribution in [-0.2, 0) is 11.3 Å². The van der Waals surface area contributed by atoms with E-state index in [-0.39, 0.29) is 17.9 Å². The number of carboxylic acids is 1. The molecule has 2 aromatic rings. The number of halogens is 1. The minimum Gasteiger partial charge on any atom is -0.476 e. The Hall–Kier alpha value is -2.77. The largest absolute Gasteiger partial charge is 0.476 e. The maximum Gasteiger partial charge on any atom is 0.358 e. The zero-order valence-corrected chi connectivity index (χ0v) is 9.58.